The molecule has 0 bridgehead atoms. The summed E-state index contributed by atoms with van der Waals surface area (Å²) in [5.74, 6) is -0.0607. The molecule has 0 saturated heterocycles. The van der Waals surface area contributed by atoms with Gasteiger partial charge in [-0.15, -0.1) is 10.2 Å². The summed E-state index contributed by atoms with van der Waals surface area (Å²) < 4.78 is 13.3. The molecule has 0 aliphatic heterocycles. The number of fused-ring (bicyclic) bond motifs is 1. The van der Waals surface area contributed by atoms with Crippen LogP contribution in [0.15, 0.2) is 83.9 Å². The predicted octanol–water partition coefficient (Wildman–Crippen LogP) is 4.89. The first-order valence-electron chi connectivity index (χ1n) is 9.65. The number of nitrogens with zero attached hydrogens (tertiary/aromatic N) is 2. The summed E-state index contributed by atoms with van der Waals surface area (Å²) in [6.45, 7) is 0.597. The Morgan fingerprint density at radius 3 is 2.33 bits per heavy atom. The molecule has 6 heteroatoms. The molecule has 4 aromatic rings. The number of nitrogens with one attached hydrogen (secondary N) is 1. The van der Waals surface area contributed by atoms with E-state index in [4.69, 9.17) is 0 Å². The molecule has 0 aliphatic carbocycles. The second-order valence-electron chi connectivity index (χ2n) is 6.78. The standard InChI is InChI=1S/C24H20FN3OS/c25-19-12-10-18(11-13-19)23-20-8-4-5-9-21(20)24(28-27-23)30-16-22(29)26-15-14-17-6-2-1-3-7-17/h1-13H,14-16H2,(H,26,29). The van der Waals surface area contributed by atoms with E-state index in [9.17, 15) is 9.18 Å². The Morgan fingerprint density at radius 2 is 1.57 bits per heavy atom. The second-order valence-corrected chi connectivity index (χ2v) is 7.74. The second kappa shape index (κ2) is 9.50. The fraction of sp³-hybridized carbons (Fsp3) is 0.125. The third-order valence-electron chi connectivity index (χ3n) is 4.69. The lowest BCUT2D eigenvalue weighted by Crippen LogP contribution is -2.27. The van der Waals surface area contributed by atoms with E-state index >= 15 is 0 Å². The zero-order valence-corrected chi connectivity index (χ0v) is 17.0. The van der Waals surface area contributed by atoms with Gasteiger partial charge in [0.1, 0.15) is 16.5 Å². The van der Waals surface area contributed by atoms with Gasteiger partial charge in [-0.1, -0.05) is 66.4 Å². The molecule has 0 atom stereocenters. The monoisotopic (exact) mass is 417 g/mol. The molecular formula is C24H20FN3OS. The lowest BCUT2D eigenvalue weighted by molar-refractivity contribution is -0.118. The predicted molar refractivity (Wildman–Crippen MR) is 119 cm³/mol. The molecule has 0 saturated carbocycles. The van der Waals surface area contributed by atoms with E-state index in [-0.39, 0.29) is 17.5 Å². The zero-order valence-electron chi connectivity index (χ0n) is 16.2. The highest BCUT2D eigenvalue weighted by Gasteiger charge is 2.13. The van der Waals surface area contributed by atoms with Crippen molar-refractivity contribution in [2.45, 2.75) is 11.4 Å². The summed E-state index contributed by atoms with van der Waals surface area (Å²) in [4.78, 5) is 12.2. The van der Waals surface area contributed by atoms with E-state index in [1.807, 2.05) is 54.6 Å². The van der Waals surface area contributed by atoms with Crippen LogP contribution in [-0.2, 0) is 11.2 Å². The van der Waals surface area contributed by atoms with Gasteiger partial charge in [-0.05, 0) is 36.2 Å². The lowest BCUT2D eigenvalue weighted by atomic mass is 10.1. The van der Waals surface area contributed by atoms with Crippen molar-refractivity contribution in [2.75, 3.05) is 12.3 Å². The van der Waals surface area contributed by atoms with Crippen molar-refractivity contribution in [3.05, 3.63) is 90.2 Å². The van der Waals surface area contributed by atoms with Crippen molar-refractivity contribution < 1.29 is 9.18 Å². The molecule has 3 aromatic carbocycles. The molecule has 30 heavy (non-hydrogen) atoms. The molecule has 1 aromatic heterocycles. The SMILES string of the molecule is O=C(CSc1nnc(-c2ccc(F)cc2)c2ccccc12)NCCc1ccccc1. The summed E-state index contributed by atoms with van der Waals surface area (Å²) in [7, 11) is 0. The topological polar surface area (TPSA) is 54.9 Å². The lowest BCUT2D eigenvalue weighted by Gasteiger charge is -2.09. The van der Waals surface area contributed by atoms with E-state index in [0.29, 0.717) is 17.3 Å². The van der Waals surface area contributed by atoms with Crippen molar-refractivity contribution >= 4 is 28.4 Å². The van der Waals surface area contributed by atoms with E-state index in [0.717, 1.165) is 22.8 Å². The number of hydrogen-bond donors (Lipinski definition) is 1. The Balaban J connectivity index is 1.44. The Hall–Kier alpha value is -3.25. The maximum atomic E-state index is 13.3. The number of aromatic nitrogens is 2. The summed E-state index contributed by atoms with van der Waals surface area (Å²) in [6, 6.07) is 24.1. The van der Waals surface area contributed by atoms with Crippen LogP contribution in [0.5, 0.6) is 0 Å². The zero-order chi connectivity index (χ0) is 20.8. The Kier molecular flexibility index (Phi) is 6.35. The van der Waals surface area contributed by atoms with Crippen molar-refractivity contribution in [1.29, 1.82) is 0 Å². The van der Waals surface area contributed by atoms with Crippen LogP contribution in [0.3, 0.4) is 0 Å². The van der Waals surface area contributed by atoms with E-state index in [1.54, 1.807) is 12.1 Å². The Labute approximate surface area is 178 Å². The minimum absolute atomic E-state index is 0.0376. The first-order valence-corrected chi connectivity index (χ1v) is 10.6. The highest BCUT2D eigenvalue weighted by molar-refractivity contribution is 8.00. The molecule has 0 radical (unpaired) electrons. The third kappa shape index (κ3) is 4.83. The van der Waals surface area contributed by atoms with Crippen LogP contribution in [0.4, 0.5) is 4.39 Å². The summed E-state index contributed by atoms with van der Waals surface area (Å²) >= 11 is 1.36. The van der Waals surface area contributed by atoms with E-state index in [1.165, 1.54) is 29.5 Å². The van der Waals surface area contributed by atoms with Gasteiger partial charge in [0.15, 0.2) is 0 Å². The molecule has 1 amide bonds. The van der Waals surface area contributed by atoms with Gasteiger partial charge >= 0.3 is 0 Å². The number of halogens is 1. The molecule has 0 fully saturated rings. The van der Waals surface area contributed by atoms with Crippen LogP contribution >= 0.6 is 11.8 Å². The van der Waals surface area contributed by atoms with Gasteiger partial charge in [-0.3, -0.25) is 4.79 Å². The highest BCUT2D eigenvalue weighted by atomic mass is 32.2. The summed E-state index contributed by atoms with van der Waals surface area (Å²) in [5, 5.41) is 14.2. The maximum Gasteiger partial charge on any atom is 0.230 e. The van der Waals surface area contributed by atoms with Crippen molar-refractivity contribution in [3.63, 3.8) is 0 Å². The fourth-order valence-electron chi connectivity index (χ4n) is 3.18. The van der Waals surface area contributed by atoms with Crippen molar-refractivity contribution in [2.24, 2.45) is 0 Å². The van der Waals surface area contributed by atoms with Crippen molar-refractivity contribution in [1.82, 2.24) is 15.5 Å². The van der Waals surface area contributed by atoms with Gasteiger partial charge in [-0.2, -0.15) is 0 Å². The normalized spacial score (nSPS) is 10.8. The molecule has 1 heterocycles. The quantitative estimate of drug-likeness (QED) is 0.435. The minimum Gasteiger partial charge on any atom is -0.355 e. The number of thioether (sulfide) groups is 1. The Bertz CT molecular complexity index is 1150. The average Bonchev–Trinajstić information content (AvgIpc) is 2.79. The first kappa shape index (κ1) is 20.0. The van der Waals surface area contributed by atoms with Gasteiger partial charge in [0, 0.05) is 22.9 Å². The van der Waals surface area contributed by atoms with E-state index < -0.39 is 0 Å². The van der Waals surface area contributed by atoms with Gasteiger partial charge in [0.25, 0.3) is 0 Å². The molecule has 0 spiro atoms. The van der Waals surface area contributed by atoms with Gasteiger partial charge in [-0.25, -0.2) is 4.39 Å². The number of amides is 1. The van der Waals surface area contributed by atoms with Gasteiger partial charge in [0.2, 0.25) is 5.91 Å². The molecule has 0 unspecified atom stereocenters. The average molecular weight is 418 g/mol. The molecule has 1 N–H and O–H groups in total. The van der Waals surface area contributed by atoms with Crippen LogP contribution in [-0.4, -0.2) is 28.4 Å². The Morgan fingerprint density at radius 1 is 0.867 bits per heavy atom. The smallest absolute Gasteiger partial charge is 0.230 e. The minimum atomic E-state index is -0.290. The fourth-order valence-corrected chi connectivity index (χ4v) is 3.98. The summed E-state index contributed by atoms with van der Waals surface area (Å²) in [5.41, 5.74) is 2.69. The largest absolute Gasteiger partial charge is 0.355 e. The summed E-state index contributed by atoms with van der Waals surface area (Å²) in [6.07, 6.45) is 0.798. The van der Waals surface area contributed by atoms with Crippen LogP contribution in [0.2, 0.25) is 0 Å². The number of carbonyl (C=O) groups is 1. The maximum absolute atomic E-state index is 13.3. The highest BCUT2D eigenvalue weighted by Crippen LogP contribution is 2.31. The molecule has 0 aliphatic rings. The number of rotatable bonds is 7. The van der Waals surface area contributed by atoms with E-state index in [2.05, 4.69) is 15.5 Å². The van der Waals surface area contributed by atoms with Crippen LogP contribution < -0.4 is 5.32 Å². The number of carbonyl (C=O) groups excluding carboxylic acids is 1. The third-order valence-corrected chi connectivity index (χ3v) is 5.67. The molecule has 150 valence electrons. The van der Waals surface area contributed by atoms with Crippen LogP contribution in [0, 0.1) is 5.82 Å². The number of hydrogen-bond acceptors (Lipinski definition) is 4. The number of benzene rings is 3. The first-order chi connectivity index (χ1) is 14.7. The van der Waals surface area contributed by atoms with Crippen LogP contribution in [0.1, 0.15) is 5.56 Å². The van der Waals surface area contributed by atoms with Crippen LogP contribution in [0.25, 0.3) is 22.0 Å². The van der Waals surface area contributed by atoms with Crippen molar-refractivity contribution in [3.8, 4) is 11.3 Å². The molecule has 4 nitrogen and oxygen atoms in total. The van der Waals surface area contributed by atoms with Gasteiger partial charge in [0.05, 0.1) is 5.75 Å². The molecular weight excluding hydrogens is 397 g/mol. The molecule has 4 rings (SSSR count). The van der Waals surface area contributed by atoms with Gasteiger partial charge < -0.3 is 5.32 Å².